The molecule has 23 heterocycles. The van der Waals surface area contributed by atoms with Crippen LogP contribution in [-0.2, 0) is 56.8 Å². The van der Waals surface area contributed by atoms with Crippen LogP contribution in [0.5, 0.6) is 0 Å². The van der Waals surface area contributed by atoms with Crippen molar-refractivity contribution in [2.24, 2.45) is 0 Å². The predicted octanol–water partition coefficient (Wildman–Crippen LogP) is -11.8. The van der Waals surface area contributed by atoms with E-state index < -0.39 is 224 Å². The van der Waals surface area contributed by atoms with Gasteiger partial charge < -0.3 is 153 Å². The van der Waals surface area contributed by atoms with E-state index in [1.54, 1.807) is 12.5 Å². The van der Waals surface area contributed by atoms with E-state index in [0.29, 0.717) is 0 Å². The van der Waals surface area contributed by atoms with Crippen LogP contribution in [0.3, 0.4) is 0 Å². The van der Waals surface area contributed by atoms with E-state index in [0.717, 1.165) is 0 Å². The van der Waals surface area contributed by atoms with E-state index >= 15 is 0 Å². The van der Waals surface area contributed by atoms with Crippen molar-refractivity contribution in [3.05, 3.63) is 24.7 Å². The number of hydrogen-bond donors (Lipinski definition) is 18. The van der Waals surface area contributed by atoms with Gasteiger partial charge in [0.25, 0.3) is 0 Å². The van der Waals surface area contributed by atoms with Crippen molar-refractivity contribution in [2.75, 3.05) is 39.6 Å². The van der Waals surface area contributed by atoms with Crippen molar-refractivity contribution < 1.29 is 153 Å². The minimum atomic E-state index is -2.15. The lowest BCUT2D eigenvalue weighted by atomic mass is 9.94. The van der Waals surface area contributed by atoms with Gasteiger partial charge in [0, 0.05) is 0 Å². The summed E-state index contributed by atoms with van der Waals surface area (Å²) in [5, 5.41) is 196. The van der Waals surface area contributed by atoms with Gasteiger partial charge in [0.1, 0.15) is 146 Å². The summed E-state index contributed by atoms with van der Waals surface area (Å²) in [5.41, 5.74) is 0. The SMILES string of the molecule is OC[C@H]1O[C@@H]2O[C@H]3[C@H](O)[C@@H](O)[C@@H](O[C@H]4[C@H](O)[C@@H](O)[C@@H](O[C@H]5[C@H](O)[C@@H](O)[C@@H](O[C@H]6[C@H](O)[C@@H](O)[C@@H](O[C@H]7[C@H](O)[C@@H](O)[C@@H](O[C@H]1[C@H](O)[C@H]2O)O[C@@H]7CO)O[C@@H]6CO)O[C@@H]5CO)O[C@@H]4CO)O[C@@H]3CO.c1ccoc1. The minimum Gasteiger partial charge on any atom is -0.473 e. The molecule has 0 radical (unpaired) electrons. The maximum absolute atomic E-state index is 11.2. The van der Waals surface area contributed by atoms with Gasteiger partial charge in [-0.05, 0) is 12.1 Å². The largest absolute Gasteiger partial charge is 0.473 e. The van der Waals surface area contributed by atoms with Crippen LogP contribution in [0.1, 0.15) is 0 Å². The topological polar surface area (TPSA) is 488 Å². The molecule has 0 spiro atoms. The molecule has 18 N–H and O–H groups in total. The van der Waals surface area contributed by atoms with Crippen LogP contribution in [0, 0.1) is 0 Å². The van der Waals surface area contributed by atoms with Crippen LogP contribution in [-0.4, -0.2) is 316 Å². The van der Waals surface area contributed by atoms with Gasteiger partial charge in [0.05, 0.1) is 52.2 Å². The summed E-state index contributed by atoms with van der Waals surface area (Å²) in [4.78, 5) is 0. The Morgan fingerprint density at radius 3 is 0.493 bits per heavy atom. The Bertz CT molecular complexity index is 1410. The smallest absolute Gasteiger partial charge is 0.187 e. The molecule has 30 atom stereocenters. The average molecular weight is 1040 g/mol. The zero-order valence-electron chi connectivity index (χ0n) is 37.2. The van der Waals surface area contributed by atoms with Gasteiger partial charge >= 0.3 is 0 Å². The monoisotopic (exact) mass is 1040 g/mol. The lowest BCUT2D eigenvalue weighted by Gasteiger charge is -2.50. The van der Waals surface area contributed by atoms with Crippen LogP contribution < -0.4 is 0 Å². The van der Waals surface area contributed by atoms with E-state index in [4.69, 9.17) is 56.8 Å². The van der Waals surface area contributed by atoms with Crippen molar-refractivity contribution in [1.82, 2.24) is 0 Å². The van der Waals surface area contributed by atoms with Gasteiger partial charge in [-0.1, -0.05) is 0 Å². The first-order valence-corrected chi connectivity index (χ1v) is 22.6. The maximum Gasteiger partial charge on any atom is 0.187 e. The highest BCUT2D eigenvalue weighted by Crippen LogP contribution is 2.38. The van der Waals surface area contributed by atoms with E-state index in [1.165, 1.54) is 0 Å². The molecule has 23 rings (SSSR count). The Kier molecular flexibility index (Phi) is 19.9. The van der Waals surface area contributed by atoms with Gasteiger partial charge in [0.2, 0.25) is 0 Å². The molecular formula is C40H64O31. The molecule has 410 valence electrons. The number of hydrogen-bond acceptors (Lipinski definition) is 31. The lowest BCUT2D eigenvalue weighted by molar-refractivity contribution is -0.404. The first-order chi connectivity index (χ1) is 33.9. The van der Waals surface area contributed by atoms with Crippen molar-refractivity contribution in [2.45, 2.75) is 184 Å². The van der Waals surface area contributed by atoms with Crippen molar-refractivity contribution in [3.8, 4) is 0 Å². The fraction of sp³-hybridized carbons (Fsp3) is 0.900. The van der Waals surface area contributed by atoms with Crippen LogP contribution in [0.15, 0.2) is 29.1 Å². The second-order valence-corrected chi connectivity index (χ2v) is 17.6. The number of furan rings is 1. The second-order valence-electron chi connectivity index (χ2n) is 17.6. The van der Waals surface area contributed by atoms with E-state index in [1.807, 2.05) is 12.1 Å². The minimum absolute atomic E-state index is 0.999. The summed E-state index contributed by atoms with van der Waals surface area (Å²) in [7, 11) is 0. The normalized spacial score (nSPS) is 52.0. The van der Waals surface area contributed by atoms with Crippen LogP contribution in [0.2, 0.25) is 0 Å². The van der Waals surface area contributed by atoms with Gasteiger partial charge in [-0.15, -0.1) is 0 Å². The van der Waals surface area contributed by atoms with Gasteiger partial charge in [-0.2, -0.15) is 0 Å². The number of aliphatic hydroxyl groups excluding tert-OH is 18. The molecule has 22 aliphatic rings. The molecule has 31 nitrogen and oxygen atoms in total. The summed E-state index contributed by atoms with van der Waals surface area (Å²) >= 11 is 0. The molecule has 0 saturated carbocycles. The third-order valence-electron chi connectivity index (χ3n) is 13.1. The number of ether oxygens (including phenoxy) is 12. The third kappa shape index (κ3) is 11.7. The van der Waals surface area contributed by atoms with Crippen LogP contribution >= 0.6 is 0 Å². The molecular weight excluding hydrogens is 976 g/mol. The maximum atomic E-state index is 11.2. The molecule has 1 aromatic rings. The molecule has 0 aromatic carbocycles. The summed E-state index contributed by atoms with van der Waals surface area (Å²) in [5.74, 6) is 0. The highest BCUT2D eigenvalue weighted by molar-refractivity contribution is 5.01. The molecule has 22 saturated heterocycles. The van der Waals surface area contributed by atoms with Crippen LogP contribution in [0.4, 0.5) is 0 Å². The third-order valence-corrected chi connectivity index (χ3v) is 13.1. The van der Waals surface area contributed by atoms with Gasteiger partial charge in [-0.25, -0.2) is 0 Å². The quantitative estimate of drug-likeness (QED) is 0.126. The molecule has 1 aromatic heterocycles. The Labute approximate surface area is 401 Å². The Hall–Kier alpha value is -1.92. The van der Waals surface area contributed by atoms with E-state index in [9.17, 15) is 91.9 Å². The number of rotatable bonds is 6. The zero-order chi connectivity index (χ0) is 51.6. The molecule has 71 heavy (non-hydrogen) atoms. The standard InChI is InChI=1S/C36H60O30.C4H4O/c37-1-7-25-13(43)19(49)31(55-7)62-26-8(2-38)57-33(21(51)15(26)45)64-28-10(4-40)59-35(23(53)17(28)47)66-30-12(6-42)60-36(24(54)18(30)48)65-29-11(5-41)58-34(22(52)16(29)46)63-27-9(3-39)56-32(61-25)20(50)14(27)44;1-2-4-5-3-1/h7-54H,1-6H2;1-4H/t7-,8-,9-,10-,11-,12-,13-,14-,15-,16-,17-,18-,19-,20-,21-,22-,23-,24-,25-,26-,27-,28-,29-,30-,31-,32-,33-,34-,35-,36-;/m1./s1. The molecule has 22 fully saturated rings. The summed E-state index contributed by atoms with van der Waals surface area (Å²) in [6.07, 6.45) is -55.2. The zero-order valence-corrected chi connectivity index (χ0v) is 37.2. The summed E-state index contributed by atoms with van der Waals surface area (Å²) in [6.45, 7) is -5.99. The molecule has 0 aliphatic carbocycles. The van der Waals surface area contributed by atoms with E-state index in [-0.39, 0.29) is 0 Å². The van der Waals surface area contributed by atoms with Gasteiger partial charge in [0.15, 0.2) is 37.7 Å². The predicted molar refractivity (Wildman–Crippen MR) is 215 cm³/mol. The van der Waals surface area contributed by atoms with Crippen molar-refractivity contribution >= 4 is 0 Å². The Balaban J connectivity index is 0.00000139. The van der Waals surface area contributed by atoms with E-state index in [2.05, 4.69) is 4.42 Å². The highest BCUT2D eigenvalue weighted by atomic mass is 16.8. The first kappa shape index (κ1) is 56.8. The average Bonchev–Trinajstić information content (AvgIpc) is 3.97. The molecule has 0 unspecified atom stereocenters. The molecule has 12 bridgehead atoms. The summed E-state index contributed by atoms with van der Waals surface area (Å²) < 4.78 is 72.4. The summed E-state index contributed by atoms with van der Waals surface area (Å²) in [6, 6.07) is 3.67. The van der Waals surface area contributed by atoms with Crippen molar-refractivity contribution in [1.29, 1.82) is 0 Å². The molecule has 22 aliphatic heterocycles. The van der Waals surface area contributed by atoms with Crippen LogP contribution in [0.25, 0.3) is 0 Å². The Morgan fingerprint density at radius 1 is 0.225 bits per heavy atom. The van der Waals surface area contributed by atoms with Gasteiger partial charge in [-0.3, -0.25) is 0 Å². The molecule has 0 amide bonds. The Morgan fingerprint density at radius 2 is 0.380 bits per heavy atom. The molecule has 31 heteroatoms. The fourth-order valence-corrected chi connectivity index (χ4v) is 9.15. The number of aliphatic hydroxyl groups is 18. The highest BCUT2D eigenvalue weighted by Gasteiger charge is 2.58. The fourth-order valence-electron chi connectivity index (χ4n) is 9.15. The first-order valence-electron chi connectivity index (χ1n) is 22.6. The second kappa shape index (κ2) is 24.8. The lowest BCUT2D eigenvalue weighted by Crippen LogP contribution is -2.69. The van der Waals surface area contributed by atoms with Crippen molar-refractivity contribution in [3.63, 3.8) is 0 Å².